The van der Waals surface area contributed by atoms with Crippen LogP contribution in [-0.4, -0.2) is 42.9 Å². The molecule has 5 nitrogen and oxygen atoms in total. The van der Waals surface area contributed by atoms with Crippen molar-refractivity contribution in [3.8, 4) is 0 Å². The molecule has 6 heteroatoms. The highest BCUT2D eigenvalue weighted by Crippen LogP contribution is 2.14. The lowest BCUT2D eigenvalue weighted by Crippen LogP contribution is -2.50. The molecule has 0 bridgehead atoms. The van der Waals surface area contributed by atoms with E-state index < -0.39 is 0 Å². The molecule has 0 saturated carbocycles. The minimum atomic E-state index is -0.174. The fourth-order valence-corrected chi connectivity index (χ4v) is 1.98. The summed E-state index contributed by atoms with van der Waals surface area (Å²) in [7, 11) is 0. The Kier molecular flexibility index (Phi) is 4.33. The number of carbonyl (C=O) groups excluding carboxylic acids is 2. The topological polar surface area (TPSA) is 61.4 Å². The second-order valence-electron chi connectivity index (χ2n) is 4.05. The molecule has 1 aliphatic heterocycles. The van der Waals surface area contributed by atoms with E-state index in [9.17, 15) is 9.59 Å². The number of halogens is 1. The van der Waals surface area contributed by atoms with Crippen molar-refractivity contribution in [2.45, 2.75) is 0 Å². The van der Waals surface area contributed by atoms with Crippen LogP contribution >= 0.6 is 15.9 Å². The van der Waals surface area contributed by atoms with E-state index in [4.69, 9.17) is 0 Å². The molecule has 0 radical (unpaired) electrons. The normalized spacial score (nSPS) is 15.6. The van der Waals surface area contributed by atoms with Crippen molar-refractivity contribution in [3.05, 3.63) is 28.7 Å². The molecule has 1 aliphatic rings. The lowest BCUT2D eigenvalue weighted by atomic mass is 10.3. The Morgan fingerprint density at radius 3 is 2.78 bits per heavy atom. The second kappa shape index (κ2) is 5.97. The van der Waals surface area contributed by atoms with Crippen LogP contribution in [0, 0.1) is 0 Å². The van der Waals surface area contributed by atoms with Gasteiger partial charge in [0.25, 0.3) is 0 Å². The summed E-state index contributed by atoms with van der Waals surface area (Å²) in [5.74, 6) is -0.209. The fraction of sp³-hybridized carbons (Fsp3) is 0.333. The first-order valence-corrected chi connectivity index (χ1v) is 6.48. The lowest BCUT2D eigenvalue weighted by molar-refractivity contribution is -0.135. The van der Waals surface area contributed by atoms with Gasteiger partial charge in [0, 0.05) is 23.2 Å². The second-order valence-corrected chi connectivity index (χ2v) is 4.96. The number of rotatable bonds is 3. The summed E-state index contributed by atoms with van der Waals surface area (Å²) in [6.45, 7) is 1.73. The van der Waals surface area contributed by atoms with Crippen molar-refractivity contribution in [2.75, 3.05) is 31.5 Å². The van der Waals surface area contributed by atoms with Gasteiger partial charge in [-0.25, -0.2) is 0 Å². The Bertz CT molecular complexity index is 447. The molecule has 0 unspecified atom stereocenters. The predicted molar refractivity (Wildman–Crippen MR) is 72.2 cm³/mol. The monoisotopic (exact) mass is 311 g/mol. The van der Waals surface area contributed by atoms with E-state index in [-0.39, 0.29) is 18.4 Å². The third kappa shape index (κ3) is 3.54. The van der Waals surface area contributed by atoms with Crippen molar-refractivity contribution in [3.63, 3.8) is 0 Å². The average Bonchev–Trinajstić information content (AvgIpc) is 2.35. The molecule has 96 valence electrons. The maximum atomic E-state index is 11.8. The van der Waals surface area contributed by atoms with Gasteiger partial charge < -0.3 is 15.5 Å². The third-order valence-corrected chi connectivity index (χ3v) is 3.18. The van der Waals surface area contributed by atoms with Crippen LogP contribution in [0.25, 0.3) is 0 Å². The molecular formula is C12H14BrN3O2. The molecule has 1 heterocycles. The van der Waals surface area contributed by atoms with E-state index in [2.05, 4.69) is 26.6 Å². The van der Waals surface area contributed by atoms with Gasteiger partial charge in [0.15, 0.2) is 0 Å². The standard InChI is InChI=1S/C12H14BrN3O2/c13-9-1-3-10(4-2-9)15-11(17)8-16-6-5-14-7-12(16)18/h1-4,14H,5-8H2,(H,15,17). The van der Waals surface area contributed by atoms with E-state index in [0.29, 0.717) is 13.1 Å². The van der Waals surface area contributed by atoms with Gasteiger partial charge in [0.2, 0.25) is 11.8 Å². The Hall–Kier alpha value is -1.40. The van der Waals surface area contributed by atoms with Crippen molar-refractivity contribution in [2.24, 2.45) is 0 Å². The molecule has 0 aromatic heterocycles. The summed E-state index contributed by atoms with van der Waals surface area (Å²) in [5, 5.41) is 5.73. The van der Waals surface area contributed by atoms with E-state index >= 15 is 0 Å². The first-order chi connectivity index (χ1) is 8.65. The SMILES string of the molecule is O=C(CN1CCNCC1=O)Nc1ccc(Br)cc1. The van der Waals surface area contributed by atoms with Crippen LogP contribution < -0.4 is 10.6 Å². The van der Waals surface area contributed by atoms with Gasteiger partial charge in [0.05, 0.1) is 13.1 Å². The van der Waals surface area contributed by atoms with Crippen LogP contribution in [0.4, 0.5) is 5.69 Å². The minimum Gasteiger partial charge on any atom is -0.331 e. The van der Waals surface area contributed by atoms with E-state index in [1.165, 1.54) is 0 Å². The summed E-state index contributed by atoms with van der Waals surface area (Å²) in [6, 6.07) is 7.32. The number of amides is 2. The summed E-state index contributed by atoms with van der Waals surface area (Å²) >= 11 is 3.33. The van der Waals surface area contributed by atoms with Crippen LogP contribution in [0.5, 0.6) is 0 Å². The van der Waals surface area contributed by atoms with Crippen LogP contribution in [-0.2, 0) is 9.59 Å². The van der Waals surface area contributed by atoms with Crippen LogP contribution in [0.15, 0.2) is 28.7 Å². The molecule has 1 fully saturated rings. The van der Waals surface area contributed by atoms with E-state index in [1.807, 2.05) is 24.3 Å². The zero-order valence-corrected chi connectivity index (χ0v) is 11.4. The number of hydrogen-bond donors (Lipinski definition) is 2. The summed E-state index contributed by atoms with van der Waals surface area (Å²) in [5.41, 5.74) is 0.728. The molecule has 1 aromatic carbocycles. The number of carbonyl (C=O) groups is 2. The highest BCUT2D eigenvalue weighted by Gasteiger charge is 2.19. The van der Waals surface area contributed by atoms with E-state index in [1.54, 1.807) is 4.90 Å². The molecule has 2 amide bonds. The maximum Gasteiger partial charge on any atom is 0.243 e. The van der Waals surface area contributed by atoms with Crippen molar-refractivity contribution >= 4 is 33.4 Å². The van der Waals surface area contributed by atoms with Gasteiger partial charge in [-0.1, -0.05) is 15.9 Å². The summed E-state index contributed by atoms with van der Waals surface area (Å²) in [6.07, 6.45) is 0. The first-order valence-electron chi connectivity index (χ1n) is 5.69. The zero-order valence-electron chi connectivity index (χ0n) is 9.78. The molecule has 2 rings (SSSR count). The Morgan fingerprint density at radius 1 is 1.39 bits per heavy atom. The van der Waals surface area contributed by atoms with Crippen LogP contribution in [0.2, 0.25) is 0 Å². The molecule has 0 aliphatic carbocycles. The average molecular weight is 312 g/mol. The number of nitrogens with one attached hydrogen (secondary N) is 2. The summed E-state index contributed by atoms with van der Waals surface area (Å²) < 4.78 is 0.956. The smallest absolute Gasteiger partial charge is 0.243 e. The van der Waals surface area contributed by atoms with Gasteiger partial charge in [-0.05, 0) is 24.3 Å². The minimum absolute atomic E-state index is 0.0350. The van der Waals surface area contributed by atoms with Gasteiger partial charge >= 0.3 is 0 Å². The van der Waals surface area contributed by atoms with Crippen LogP contribution in [0.3, 0.4) is 0 Å². The highest BCUT2D eigenvalue weighted by atomic mass is 79.9. The van der Waals surface area contributed by atoms with E-state index in [0.717, 1.165) is 16.7 Å². The number of anilines is 1. The van der Waals surface area contributed by atoms with Gasteiger partial charge in [0.1, 0.15) is 0 Å². The zero-order chi connectivity index (χ0) is 13.0. The largest absolute Gasteiger partial charge is 0.331 e. The van der Waals surface area contributed by atoms with Gasteiger partial charge in [-0.15, -0.1) is 0 Å². The number of nitrogens with zero attached hydrogens (tertiary/aromatic N) is 1. The Balaban J connectivity index is 1.88. The molecule has 1 aromatic rings. The maximum absolute atomic E-state index is 11.8. The Morgan fingerprint density at radius 2 is 2.11 bits per heavy atom. The van der Waals surface area contributed by atoms with Gasteiger partial charge in [-0.3, -0.25) is 9.59 Å². The van der Waals surface area contributed by atoms with Crippen LogP contribution in [0.1, 0.15) is 0 Å². The Labute approximate surface area is 114 Å². The van der Waals surface area contributed by atoms with Crippen molar-refractivity contribution in [1.82, 2.24) is 10.2 Å². The number of hydrogen-bond acceptors (Lipinski definition) is 3. The third-order valence-electron chi connectivity index (χ3n) is 2.65. The summed E-state index contributed by atoms with van der Waals surface area (Å²) in [4.78, 5) is 24.8. The predicted octanol–water partition coefficient (Wildman–Crippen LogP) is 0.819. The molecular weight excluding hydrogens is 298 g/mol. The van der Waals surface area contributed by atoms with Gasteiger partial charge in [-0.2, -0.15) is 0 Å². The lowest BCUT2D eigenvalue weighted by Gasteiger charge is -2.26. The molecule has 0 spiro atoms. The first kappa shape index (κ1) is 13.0. The van der Waals surface area contributed by atoms with Crippen molar-refractivity contribution in [1.29, 1.82) is 0 Å². The number of benzene rings is 1. The van der Waals surface area contributed by atoms with Crippen molar-refractivity contribution < 1.29 is 9.59 Å². The quantitative estimate of drug-likeness (QED) is 0.869. The molecule has 18 heavy (non-hydrogen) atoms. The molecule has 1 saturated heterocycles. The molecule has 0 atom stereocenters. The highest BCUT2D eigenvalue weighted by molar-refractivity contribution is 9.10. The fourth-order valence-electron chi connectivity index (χ4n) is 1.72. The molecule has 2 N–H and O–H groups in total. The number of piperazine rings is 1.